The highest BCUT2D eigenvalue weighted by Gasteiger charge is 2.46. The first kappa shape index (κ1) is 15.2. The van der Waals surface area contributed by atoms with Crippen LogP contribution in [0.3, 0.4) is 0 Å². The Morgan fingerprint density at radius 2 is 1.94 bits per heavy atom. The van der Waals surface area contributed by atoms with Gasteiger partial charge in [-0.3, -0.25) is 0 Å². The van der Waals surface area contributed by atoms with Gasteiger partial charge in [0.1, 0.15) is 6.10 Å². The van der Waals surface area contributed by atoms with Gasteiger partial charge in [-0.25, -0.2) is 4.79 Å². The third kappa shape index (κ3) is 4.38. The summed E-state index contributed by atoms with van der Waals surface area (Å²) in [5.41, 5.74) is 0. The Hall–Kier alpha value is -0.790. The first-order chi connectivity index (χ1) is 7.13. The van der Waals surface area contributed by atoms with Gasteiger partial charge in [0.2, 0.25) is 0 Å². The summed E-state index contributed by atoms with van der Waals surface area (Å²) in [6.45, 7) is 2.90. The molecule has 0 bridgehead atoms. The number of alkyl halides is 2. The minimum Gasteiger partial charge on any atom is -0.477 e. The van der Waals surface area contributed by atoms with Gasteiger partial charge < -0.3 is 19.7 Å². The molecule has 0 radical (unpaired) electrons. The van der Waals surface area contributed by atoms with Gasteiger partial charge in [-0.05, 0) is 13.8 Å². The molecule has 0 aromatic rings. The number of carboxylic acid groups (broad SMARTS) is 1. The van der Waals surface area contributed by atoms with Crippen LogP contribution in [0.1, 0.15) is 20.3 Å². The number of methoxy groups -OCH3 is 1. The fourth-order valence-electron chi connectivity index (χ4n) is 0.799. The van der Waals surface area contributed by atoms with Crippen molar-refractivity contribution in [3.63, 3.8) is 0 Å². The zero-order valence-electron chi connectivity index (χ0n) is 9.37. The number of halogens is 2. The number of hydrogen-bond donors (Lipinski definition) is 2. The van der Waals surface area contributed by atoms with E-state index in [-0.39, 0.29) is 6.61 Å². The van der Waals surface area contributed by atoms with Gasteiger partial charge in [0, 0.05) is 13.5 Å². The molecule has 0 aliphatic rings. The SMILES string of the molecule is COC(C)(C)OCCC(O)C(F)(F)C(=O)O. The number of aliphatic hydroxyl groups is 1. The molecule has 0 fully saturated rings. The Balaban J connectivity index is 4.09. The van der Waals surface area contributed by atoms with Crippen molar-refractivity contribution in [2.75, 3.05) is 13.7 Å². The van der Waals surface area contributed by atoms with E-state index in [0.717, 1.165) is 0 Å². The molecule has 0 aliphatic carbocycles. The van der Waals surface area contributed by atoms with E-state index in [2.05, 4.69) is 0 Å². The van der Waals surface area contributed by atoms with Crippen molar-refractivity contribution in [2.45, 2.75) is 38.1 Å². The molecule has 0 rings (SSSR count). The van der Waals surface area contributed by atoms with E-state index in [1.165, 1.54) is 7.11 Å². The molecular weight excluding hydrogens is 226 g/mol. The van der Waals surface area contributed by atoms with Crippen molar-refractivity contribution >= 4 is 5.97 Å². The van der Waals surface area contributed by atoms with Gasteiger partial charge in [0.25, 0.3) is 0 Å². The van der Waals surface area contributed by atoms with Crippen LogP contribution in [0.2, 0.25) is 0 Å². The fourth-order valence-corrected chi connectivity index (χ4v) is 0.799. The van der Waals surface area contributed by atoms with Gasteiger partial charge in [0.15, 0.2) is 5.79 Å². The number of carbonyl (C=O) groups is 1. The normalized spacial score (nSPS) is 14.9. The minimum absolute atomic E-state index is 0.231. The maximum atomic E-state index is 12.7. The van der Waals surface area contributed by atoms with E-state index < -0.39 is 30.2 Å². The molecule has 16 heavy (non-hydrogen) atoms. The molecule has 0 amide bonds. The van der Waals surface area contributed by atoms with E-state index in [0.29, 0.717) is 0 Å². The average Bonchev–Trinajstić information content (AvgIpc) is 2.17. The van der Waals surface area contributed by atoms with Crippen LogP contribution in [0.15, 0.2) is 0 Å². The minimum atomic E-state index is -4.17. The predicted octanol–water partition coefficient (Wildman–Crippen LogP) is 0.856. The molecule has 0 heterocycles. The summed E-state index contributed by atoms with van der Waals surface area (Å²) in [5.74, 6) is -7.48. The Kier molecular flexibility index (Phi) is 5.24. The average molecular weight is 242 g/mol. The lowest BCUT2D eigenvalue weighted by Gasteiger charge is -2.25. The second kappa shape index (κ2) is 5.51. The molecule has 2 N–H and O–H groups in total. The summed E-state index contributed by atoms with van der Waals surface area (Å²) < 4.78 is 35.3. The van der Waals surface area contributed by atoms with Crippen LogP contribution in [0.5, 0.6) is 0 Å². The molecule has 5 nitrogen and oxygen atoms in total. The van der Waals surface area contributed by atoms with E-state index in [1.54, 1.807) is 13.8 Å². The van der Waals surface area contributed by atoms with E-state index >= 15 is 0 Å². The van der Waals surface area contributed by atoms with Crippen LogP contribution < -0.4 is 0 Å². The molecule has 0 aliphatic heterocycles. The van der Waals surface area contributed by atoms with Gasteiger partial charge in [0.05, 0.1) is 6.61 Å². The highest BCUT2D eigenvalue weighted by Crippen LogP contribution is 2.22. The number of rotatable bonds is 7. The Morgan fingerprint density at radius 1 is 1.44 bits per heavy atom. The first-order valence-electron chi connectivity index (χ1n) is 4.62. The lowest BCUT2D eigenvalue weighted by Crippen LogP contribution is -2.42. The molecule has 0 saturated carbocycles. The lowest BCUT2D eigenvalue weighted by atomic mass is 10.1. The molecule has 1 atom stereocenters. The molecular formula is C9H16F2O5. The van der Waals surface area contributed by atoms with Gasteiger partial charge in [-0.1, -0.05) is 0 Å². The zero-order valence-corrected chi connectivity index (χ0v) is 9.37. The number of hydrogen-bond acceptors (Lipinski definition) is 4. The van der Waals surface area contributed by atoms with Crippen molar-refractivity contribution in [3.8, 4) is 0 Å². The first-order valence-corrected chi connectivity index (χ1v) is 4.62. The molecule has 96 valence electrons. The monoisotopic (exact) mass is 242 g/mol. The Labute approximate surface area is 92.0 Å². The number of ether oxygens (including phenoxy) is 2. The molecule has 7 heteroatoms. The highest BCUT2D eigenvalue weighted by molar-refractivity contribution is 5.76. The van der Waals surface area contributed by atoms with Crippen molar-refractivity contribution in [1.29, 1.82) is 0 Å². The molecule has 1 unspecified atom stereocenters. The smallest absolute Gasteiger partial charge is 0.377 e. The molecule has 0 spiro atoms. The standard InChI is InChI=1S/C9H16F2O5/c1-8(2,15-3)16-5-4-6(12)9(10,11)7(13)14/h6,12H,4-5H2,1-3H3,(H,13,14). The second-order valence-electron chi connectivity index (χ2n) is 3.69. The largest absolute Gasteiger partial charge is 0.477 e. The topological polar surface area (TPSA) is 76.0 Å². The molecule has 0 saturated heterocycles. The highest BCUT2D eigenvalue weighted by atomic mass is 19.3. The van der Waals surface area contributed by atoms with Crippen LogP contribution >= 0.6 is 0 Å². The lowest BCUT2D eigenvalue weighted by molar-refractivity contribution is -0.209. The summed E-state index contributed by atoms with van der Waals surface area (Å²) in [7, 11) is 1.38. The molecule has 0 aromatic carbocycles. The summed E-state index contributed by atoms with van der Waals surface area (Å²) in [5, 5.41) is 17.1. The van der Waals surface area contributed by atoms with Gasteiger partial charge in [-0.15, -0.1) is 0 Å². The van der Waals surface area contributed by atoms with Crippen LogP contribution in [0.25, 0.3) is 0 Å². The predicted molar refractivity (Wildman–Crippen MR) is 50.2 cm³/mol. The maximum absolute atomic E-state index is 12.7. The number of carboxylic acids is 1. The summed E-state index contributed by atoms with van der Waals surface area (Å²) >= 11 is 0. The fraction of sp³-hybridized carbons (Fsp3) is 0.889. The van der Waals surface area contributed by atoms with Gasteiger partial charge in [-0.2, -0.15) is 8.78 Å². The number of aliphatic carboxylic acids is 1. The van der Waals surface area contributed by atoms with Crippen LogP contribution in [-0.2, 0) is 14.3 Å². The summed E-state index contributed by atoms with van der Waals surface area (Å²) in [6, 6.07) is 0. The van der Waals surface area contributed by atoms with Crippen LogP contribution in [0.4, 0.5) is 8.78 Å². The third-order valence-corrected chi connectivity index (χ3v) is 2.04. The van der Waals surface area contributed by atoms with E-state index in [9.17, 15) is 13.6 Å². The third-order valence-electron chi connectivity index (χ3n) is 2.04. The zero-order chi connectivity index (χ0) is 13.0. The van der Waals surface area contributed by atoms with Crippen molar-refractivity contribution in [2.24, 2.45) is 0 Å². The quantitative estimate of drug-likeness (QED) is 0.647. The Morgan fingerprint density at radius 3 is 2.31 bits per heavy atom. The summed E-state index contributed by atoms with van der Waals surface area (Å²) in [6.07, 6.45) is -2.77. The van der Waals surface area contributed by atoms with Crippen molar-refractivity contribution < 1.29 is 33.3 Å². The Bertz CT molecular complexity index is 242. The second-order valence-corrected chi connectivity index (χ2v) is 3.69. The molecule has 0 aromatic heterocycles. The van der Waals surface area contributed by atoms with Crippen molar-refractivity contribution in [3.05, 3.63) is 0 Å². The van der Waals surface area contributed by atoms with Crippen molar-refractivity contribution in [1.82, 2.24) is 0 Å². The van der Waals surface area contributed by atoms with Crippen LogP contribution in [0, 0.1) is 0 Å². The van der Waals surface area contributed by atoms with E-state index in [4.69, 9.17) is 19.7 Å². The number of aliphatic hydroxyl groups excluding tert-OH is 1. The van der Waals surface area contributed by atoms with Gasteiger partial charge >= 0.3 is 11.9 Å². The van der Waals surface area contributed by atoms with E-state index in [1.807, 2.05) is 0 Å². The summed E-state index contributed by atoms with van der Waals surface area (Å²) in [4.78, 5) is 10.1. The maximum Gasteiger partial charge on any atom is 0.377 e. The van der Waals surface area contributed by atoms with Crippen LogP contribution in [-0.4, -0.2) is 47.7 Å².